The first-order valence-electron chi connectivity index (χ1n) is 5.68. The van der Waals surface area contributed by atoms with Crippen LogP contribution in [0, 0.1) is 13.8 Å². The zero-order valence-corrected chi connectivity index (χ0v) is 11.5. The Morgan fingerprint density at radius 1 is 1.44 bits per heavy atom. The molecule has 0 radical (unpaired) electrons. The van der Waals surface area contributed by atoms with Gasteiger partial charge < -0.3 is 4.74 Å². The average molecular weight is 261 g/mol. The summed E-state index contributed by atoms with van der Waals surface area (Å²) in [7, 11) is 1.64. The van der Waals surface area contributed by atoms with E-state index < -0.39 is 0 Å². The molecule has 4 heteroatoms. The molecule has 0 unspecified atom stereocenters. The fourth-order valence-corrected chi connectivity index (χ4v) is 2.59. The molecule has 0 N–H and O–H groups in total. The highest BCUT2D eigenvalue weighted by molar-refractivity contribution is 7.08. The van der Waals surface area contributed by atoms with Gasteiger partial charge in [-0.25, -0.2) is 0 Å². The van der Waals surface area contributed by atoms with E-state index in [2.05, 4.69) is 4.98 Å². The lowest BCUT2D eigenvalue weighted by Gasteiger charge is -2.11. The molecule has 2 aromatic rings. The van der Waals surface area contributed by atoms with Crippen LogP contribution >= 0.6 is 11.3 Å². The van der Waals surface area contributed by atoms with Gasteiger partial charge in [0.1, 0.15) is 5.75 Å². The van der Waals surface area contributed by atoms with Crippen LogP contribution in [0.3, 0.4) is 0 Å². The van der Waals surface area contributed by atoms with Crippen molar-refractivity contribution in [2.24, 2.45) is 0 Å². The van der Waals surface area contributed by atoms with E-state index in [1.165, 1.54) is 11.3 Å². The quantitative estimate of drug-likeness (QED) is 0.793. The number of aromatic nitrogens is 1. The Labute approximate surface area is 110 Å². The number of hydrogen-bond donors (Lipinski definition) is 0. The van der Waals surface area contributed by atoms with Crippen LogP contribution in [0.25, 0.3) is 0 Å². The van der Waals surface area contributed by atoms with Crippen molar-refractivity contribution >= 4 is 17.1 Å². The number of carbonyl (C=O) groups excluding carboxylic acids is 1. The number of hydrogen-bond acceptors (Lipinski definition) is 4. The number of carbonyl (C=O) groups is 1. The number of Topliss-reactive ketones (excluding diaryl/α,β-unsaturated/α-hetero) is 1. The molecule has 0 spiro atoms. The first kappa shape index (κ1) is 12.8. The minimum Gasteiger partial charge on any atom is -0.496 e. The maximum atomic E-state index is 12.0. The summed E-state index contributed by atoms with van der Waals surface area (Å²) in [6.07, 6.45) is 2.07. The first-order chi connectivity index (χ1) is 8.63. The summed E-state index contributed by atoms with van der Waals surface area (Å²) in [6.45, 7) is 3.89. The van der Waals surface area contributed by atoms with Gasteiger partial charge in [-0.05, 0) is 25.3 Å². The molecule has 0 saturated heterocycles. The van der Waals surface area contributed by atoms with Crippen LogP contribution in [-0.4, -0.2) is 17.9 Å². The molecule has 2 aromatic heterocycles. The minimum absolute atomic E-state index is 0.0951. The van der Waals surface area contributed by atoms with Crippen LogP contribution in [0.2, 0.25) is 0 Å². The predicted molar refractivity (Wildman–Crippen MR) is 72.6 cm³/mol. The van der Waals surface area contributed by atoms with Crippen molar-refractivity contribution in [3.63, 3.8) is 0 Å². The number of thiophene rings is 1. The highest BCUT2D eigenvalue weighted by atomic mass is 32.1. The summed E-state index contributed by atoms with van der Waals surface area (Å²) in [5, 5.41) is 3.77. The van der Waals surface area contributed by atoms with Gasteiger partial charge in [0.05, 0.1) is 19.2 Å². The molecule has 0 aromatic carbocycles. The zero-order valence-electron chi connectivity index (χ0n) is 10.7. The molecule has 0 aliphatic carbocycles. The number of rotatable bonds is 4. The smallest absolute Gasteiger partial charge is 0.169 e. The summed E-state index contributed by atoms with van der Waals surface area (Å²) in [5.74, 6) is 0.913. The van der Waals surface area contributed by atoms with Crippen molar-refractivity contribution in [1.29, 1.82) is 0 Å². The average Bonchev–Trinajstić information content (AvgIpc) is 2.87. The highest BCUT2D eigenvalue weighted by Gasteiger charge is 2.14. The molecule has 0 atom stereocenters. The molecule has 2 rings (SSSR count). The third-order valence-electron chi connectivity index (χ3n) is 2.92. The van der Waals surface area contributed by atoms with Crippen LogP contribution in [0.15, 0.2) is 23.0 Å². The van der Waals surface area contributed by atoms with Gasteiger partial charge in [0.15, 0.2) is 5.78 Å². The summed E-state index contributed by atoms with van der Waals surface area (Å²) in [4.78, 5) is 16.4. The fourth-order valence-electron chi connectivity index (χ4n) is 1.93. The van der Waals surface area contributed by atoms with E-state index in [0.717, 1.165) is 28.1 Å². The lowest BCUT2D eigenvalue weighted by atomic mass is 10.0. The van der Waals surface area contributed by atoms with Gasteiger partial charge in [0.25, 0.3) is 0 Å². The summed E-state index contributed by atoms with van der Waals surface area (Å²) < 4.78 is 5.34. The van der Waals surface area contributed by atoms with E-state index in [0.29, 0.717) is 6.42 Å². The van der Waals surface area contributed by atoms with E-state index >= 15 is 0 Å². The van der Waals surface area contributed by atoms with Crippen LogP contribution in [0.1, 0.15) is 27.2 Å². The third-order valence-corrected chi connectivity index (χ3v) is 3.60. The van der Waals surface area contributed by atoms with Gasteiger partial charge in [-0.15, -0.1) is 0 Å². The zero-order chi connectivity index (χ0) is 13.1. The molecule has 0 amide bonds. The van der Waals surface area contributed by atoms with Gasteiger partial charge in [-0.1, -0.05) is 0 Å². The fraction of sp³-hybridized carbons (Fsp3) is 0.286. The Kier molecular flexibility index (Phi) is 3.77. The number of ether oxygens (including phenoxy) is 1. The van der Waals surface area contributed by atoms with Gasteiger partial charge in [0, 0.05) is 28.3 Å². The van der Waals surface area contributed by atoms with Crippen molar-refractivity contribution in [2.45, 2.75) is 20.3 Å². The Morgan fingerprint density at radius 2 is 2.22 bits per heavy atom. The van der Waals surface area contributed by atoms with Crippen LogP contribution in [0.5, 0.6) is 5.75 Å². The summed E-state index contributed by atoms with van der Waals surface area (Å²) in [6, 6.07) is 1.84. The molecule has 3 nitrogen and oxygen atoms in total. The van der Waals surface area contributed by atoms with Crippen molar-refractivity contribution in [3.05, 3.63) is 45.4 Å². The maximum absolute atomic E-state index is 12.0. The van der Waals surface area contributed by atoms with E-state index in [1.807, 2.05) is 30.7 Å². The maximum Gasteiger partial charge on any atom is 0.169 e. The standard InChI is InChI=1S/C14H15NO2S/c1-9-7-15-12(10(2)14(9)17-3)6-13(16)11-4-5-18-8-11/h4-5,7-8H,6H2,1-3H3. The van der Waals surface area contributed by atoms with Crippen molar-refractivity contribution in [3.8, 4) is 5.75 Å². The van der Waals surface area contributed by atoms with Gasteiger partial charge >= 0.3 is 0 Å². The molecule has 18 heavy (non-hydrogen) atoms. The largest absolute Gasteiger partial charge is 0.496 e. The molecule has 0 aliphatic heterocycles. The Bertz CT molecular complexity index is 561. The van der Waals surface area contributed by atoms with Gasteiger partial charge in [-0.3, -0.25) is 9.78 Å². The van der Waals surface area contributed by atoms with E-state index in [9.17, 15) is 4.79 Å². The molecular formula is C14H15NO2S. The Morgan fingerprint density at radius 3 is 2.83 bits per heavy atom. The van der Waals surface area contributed by atoms with Crippen LogP contribution < -0.4 is 4.74 Å². The van der Waals surface area contributed by atoms with Crippen LogP contribution in [0.4, 0.5) is 0 Å². The monoisotopic (exact) mass is 261 g/mol. The number of nitrogens with zero attached hydrogens (tertiary/aromatic N) is 1. The van der Waals surface area contributed by atoms with E-state index in [-0.39, 0.29) is 5.78 Å². The predicted octanol–water partition coefficient (Wildman–Crippen LogP) is 3.19. The van der Waals surface area contributed by atoms with Gasteiger partial charge in [-0.2, -0.15) is 11.3 Å². The second-order valence-electron chi connectivity index (χ2n) is 4.16. The minimum atomic E-state index is 0.0951. The summed E-state index contributed by atoms with van der Waals surface area (Å²) in [5.41, 5.74) is 3.47. The topological polar surface area (TPSA) is 39.2 Å². The van der Waals surface area contributed by atoms with Crippen molar-refractivity contribution < 1.29 is 9.53 Å². The Balaban J connectivity index is 2.27. The molecule has 94 valence electrons. The second-order valence-corrected chi connectivity index (χ2v) is 4.94. The SMILES string of the molecule is COc1c(C)cnc(CC(=O)c2ccsc2)c1C. The number of pyridine rings is 1. The van der Waals surface area contributed by atoms with Crippen molar-refractivity contribution in [2.75, 3.05) is 7.11 Å². The second kappa shape index (κ2) is 5.31. The van der Waals surface area contributed by atoms with E-state index in [1.54, 1.807) is 13.3 Å². The van der Waals surface area contributed by atoms with Crippen molar-refractivity contribution in [1.82, 2.24) is 4.98 Å². The normalized spacial score (nSPS) is 10.4. The molecule has 0 bridgehead atoms. The first-order valence-corrected chi connectivity index (χ1v) is 6.62. The molecule has 0 aliphatic rings. The molecule has 0 fully saturated rings. The molecule has 2 heterocycles. The number of aryl methyl sites for hydroxylation is 1. The number of ketones is 1. The third kappa shape index (κ3) is 2.43. The lowest BCUT2D eigenvalue weighted by molar-refractivity contribution is 0.0992. The highest BCUT2D eigenvalue weighted by Crippen LogP contribution is 2.24. The lowest BCUT2D eigenvalue weighted by Crippen LogP contribution is -2.07. The molecular weight excluding hydrogens is 246 g/mol. The van der Waals surface area contributed by atoms with E-state index in [4.69, 9.17) is 4.74 Å². The van der Waals surface area contributed by atoms with Gasteiger partial charge in [0.2, 0.25) is 0 Å². The molecule has 0 saturated carbocycles. The van der Waals surface area contributed by atoms with Crippen LogP contribution in [-0.2, 0) is 6.42 Å². The number of methoxy groups -OCH3 is 1. The summed E-state index contributed by atoms with van der Waals surface area (Å²) >= 11 is 1.53. The Hall–Kier alpha value is -1.68.